The Labute approximate surface area is 152 Å². The van der Waals surface area contributed by atoms with Crippen LogP contribution in [0.15, 0.2) is 12.2 Å². The van der Waals surface area contributed by atoms with Crippen LogP contribution in [0.25, 0.3) is 0 Å². The number of allylic oxidation sites excluding steroid dienone is 2. The van der Waals surface area contributed by atoms with E-state index in [1.807, 2.05) is 13.8 Å². The van der Waals surface area contributed by atoms with Crippen molar-refractivity contribution >= 4 is 0 Å². The number of hydrogen-bond acceptors (Lipinski definition) is 2. The quantitative estimate of drug-likeness (QED) is 0.138. The highest BCUT2D eigenvalue weighted by Gasteiger charge is 2.06. The van der Waals surface area contributed by atoms with E-state index in [2.05, 4.69) is 19.1 Å². The number of rotatable bonds is 19. The minimum absolute atomic E-state index is 0.0184. The number of unbranched alkanes of at least 4 members (excludes halogenated alkanes) is 11. The molecule has 0 heterocycles. The second kappa shape index (κ2) is 20.7. The van der Waals surface area contributed by atoms with Crippen LogP contribution in [0.5, 0.6) is 0 Å². The van der Waals surface area contributed by atoms with Crippen LogP contribution in [0.2, 0.25) is 0 Å². The van der Waals surface area contributed by atoms with Crippen molar-refractivity contribution in [3.63, 3.8) is 0 Å². The van der Waals surface area contributed by atoms with E-state index in [1.165, 1.54) is 83.5 Å². The first-order chi connectivity index (χ1) is 11.8. The molecule has 0 atom stereocenters. The molecule has 0 aliphatic carbocycles. The Morgan fingerprint density at radius 3 is 1.54 bits per heavy atom. The van der Waals surface area contributed by atoms with E-state index >= 15 is 0 Å². The molecular weight excluding hydrogens is 296 g/mol. The summed E-state index contributed by atoms with van der Waals surface area (Å²) in [5.74, 6) is 0. The van der Waals surface area contributed by atoms with Crippen molar-refractivity contribution in [1.82, 2.24) is 0 Å². The first-order valence-electron chi connectivity index (χ1n) is 10.7. The first-order valence-corrected chi connectivity index (χ1v) is 10.7. The van der Waals surface area contributed by atoms with Gasteiger partial charge in [-0.2, -0.15) is 0 Å². The molecule has 0 bridgehead atoms. The van der Waals surface area contributed by atoms with Crippen molar-refractivity contribution in [1.29, 1.82) is 0 Å². The van der Waals surface area contributed by atoms with Gasteiger partial charge in [0.1, 0.15) is 0 Å². The zero-order valence-corrected chi connectivity index (χ0v) is 16.9. The highest BCUT2D eigenvalue weighted by Crippen LogP contribution is 2.12. The maximum absolute atomic E-state index is 5.57. The lowest BCUT2D eigenvalue weighted by Gasteiger charge is -2.16. The Kier molecular flexibility index (Phi) is 20.4. The van der Waals surface area contributed by atoms with Gasteiger partial charge in [-0.25, -0.2) is 0 Å². The minimum atomic E-state index is 0.0184. The molecule has 0 rings (SSSR count). The van der Waals surface area contributed by atoms with Gasteiger partial charge in [-0.1, -0.05) is 70.4 Å². The smallest absolute Gasteiger partial charge is 0.157 e. The van der Waals surface area contributed by atoms with Gasteiger partial charge in [-0.3, -0.25) is 0 Å². The molecule has 144 valence electrons. The van der Waals surface area contributed by atoms with E-state index in [0.717, 1.165) is 19.6 Å². The molecule has 2 heteroatoms. The topological polar surface area (TPSA) is 18.5 Å². The van der Waals surface area contributed by atoms with E-state index in [1.54, 1.807) is 0 Å². The monoisotopic (exact) mass is 340 g/mol. The highest BCUT2D eigenvalue weighted by molar-refractivity contribution is 4.81. The van der Waals surface area contributed by atoms with Gasteiger partial charge in [-0.15, -0.1) is 0 Å². The number of hydrogen-bond donors (Lipinski definition) is 0. The fourth-order valence-electron chi connectivity index (χ4n) is 2.97. The van der Waals surface area contributed by atoms with Gasteiger partial charge in [0.15, 0.2) is 6.29 Å². The molecule has 0 unspecified atom stereocenters. The molecule has 0 saturated heterocycles. The predicted octanol–water partition coefficient (Wildman–Crippen LogP) is 7.42. The summed E-state index contributed by atoms with van der Waals surface area (Å²) in [7, 11) is 0. The summed E-state index contributed by atoms with van der Waals surface area (Å²) in [4.78, 5) is 0. The Bertz CT molecular complexity index is 244. The van der Waals surface area contributed by atoms with Crippen molar-refractivity contribution in [3.05, 3.63) is 12.2 Å². The molecule has 0 N–H and O–H groups in total. The van der Waals surface area contributed by atoms with Crippen LogP contribution < -0.4 is 0 Å². The van der Waals surface area contributed by atoms with Crippen LogP contribution in [0.4, 0.5) is 0 Å². The maximum Gasteiger partial charge on any atom is 0.157 e. The van der Waals surface area contributed by atoms with Crippen LogP contribution in [0.1, 0.15) is 111 Å². The lowest BCUT2D eigenvalue weighted by atomic mass is 10.1. The van der Waals surface area contributed by atoms with E-state index in [4.69, 9.17) is 9.47 Å². The molecule has 0 spiro atoms. The summed E-state index contributed by atoms with van der Waals surface area (Å²) in [6, 6.07) is 0. The average Bonchev–Trinajstić information content (AvgIpc) is 2.58. The first kappa shape index (κ1) is 23.7. The summed E-state index contributed by atoms with van der Waals surface area (Å²) < 4.78 is 11.1. The molecular formula is C22H44O2. The Morgan fingerprint density at radius 2 is 1.04 bits per heavy atom. The second-order valence-electron chi connectivity index (χ2n) is 6.71. The van der Waals surface area contributed by atoms with Gasteiger partial charge in [0, 0.05) is 13.2 Å². The fraction of sp³-hybridized carbons (Fsp3) is 0.909. The van der Waals surface area contributed by atoms with Crippen LogP contribution in [-0.4, -0.2) is 19.5 Å². The molecule has 0 fully saturated rings. The second-order valence-corrected chi connectivity index (χ2v) is 6.71. The SMILES string of the molecule is CCCCCCCCC=CCCCCCCCC(OCC)OCC. The molecule has 0 aromatic heterocycles. The molecule has 24 heavy (non-hydrogen) atoms. The standard InChI is InChI=1S/C22H44O2/c1-4-7-8-9-10-11-12-13-14-15-16-17-18-19-20-21-22(23-5-2)24-6-3/h13-14,22H,4-12,15-21H2,1-3H3. The molecule has 2 nitrogen and oxygen atoms in total. The molecule has 0 aromatic carbocycles. The van der Waals surface area contributed by atoms with Gasteiger partial charge in [0.05, 0.1) is 0 Å². The molecule has 0 aliphatic rings. The summed E-state index contributed by atoms with van der Waals surface area (Å²) >= 11 is 0. The third kappa shape index (κ3) is 18.0. The van der Waals surface area contributed by atoms with Crippen LogP contribution in [-0.2, 0) is 9.47 Å². The maximum atomic E-state index is 5.57. The lowest BCUT2D eigenvalue weighted by Crippen LogP contribution is -2.17. The van der Waals surface area contributed by atoms with Gasteiger partial charge in [0.2, 0.25) is 0 Å². The fourth-order valence-corrected chi connectivity index (χ4v) is 2.97. The summed E-state index contributed by atoms with van der Waals surface area (Å²) in [5.41, 5.74) is 0. The molecule has 0 aromatic rings. The third-order valence-corrected chi connectivity index (χ3v) is 4.41. The largest absolute Gasteiger partial charge is 0.353 e. The van der Waals surface area contributed by atoms with Crippen LogP contribution in [0.3, 0.4) is 0 Å². The third-order valence-electron chi connectivity index (χ3n) is 4.41. The molecule has 0 amide bonds. The Hall–Kier alpha value is -0.340. The normalized spacial score (nSPS) is 11.8. The van der Waals surface area contributed by atoms with Gasteiger partial charge >= 0.3 is 0 Å². The van der Waals surface area contributed by atoms with Crippen molar-refractivity contribution in [2.24, 2.45) is 0 Å². The summed E-state index contributed by atoms with van der Waals surface area (Å²) in [6.45, 7) is 7.84. The molecule has 0 radical (unpaired) electrons. The van der Waals surface area contributed by atoms with Crippen molar-refractivity contribution < 1.29 is 9.47 Å². The Morgan fingerprint density at radius 1 is 0.583 bits per heavy atom. The van der Waals surface area contributed by atoms with Crippen molar-refractivity contribution in [2.45, 2.75) is 117 Å². The van der Waals surface area contributed by atoms with Gasteiger partial charge < -0.3 is 9.47 Å². The van der Waals surface area contributed by atoms with Gasteiger partial charge in [0.25, 0.3) is 0 Å². The van der Waals surface area contributed by atoms with Gasteiger partial charge in [-0.05, 0) is 52.4 Å². The number of ether oxygens (including phenoxy) is 2. The minimum Gasteiger partial charge on any atom is -0.353 e. The van der Waals surface area contributed by atoms with Crippen molar-refractivity contribution in [3.8, 4) is 0 Å². The average molecular weight is 341 g/mol. The summed E-state index contributed by atoms with van der Waals surface area (Å²) in [5, 5.41) is 0. The predicted molar refractivity (Wildman–Crippen MR) is 106 cm³/mol. The zero-order valence-electron chi connectivity index (χ0n) is 16.9. The van der Waals surface area contributed by atoms with Crippen LogP contribution in [0, 0.1) is 0 Å². The zero-order chi connectivity index (χ0) is 17.7. The highest BCUT2D eigenvalue weighted by atomic mass is 16.7. The van der Waals surface area contributed by atoms with Crippen LogP contribution >= 0.6 is 0 Å². The van der Waals surface area contributed by atoms with Crippen molar-refractivity contribution in [2.75, 3.05) is 13.2 Å². The summed E-state index contributed by atoms with van der Waals surface area (Å²) in [6.07, 6.45) is 23.4. The lowest BCUT2D eigenvalue weighted by molar-refractivity contribution is -0.140. The van der Waals surface area contributed by atoms with E-state index in [9.17, 15) is 0 Å². The van der Waals surface area contributed by atoms with E-state index in [-0.39, 0.29) is 6.29 Å². The molecule has 0 saturated carbocycles. The van der Waals surface area contributed by atoms with E-state index < -0.39 is 0 Å². The molecule has 0 aliphatic heterocycles. The van der Waals surface area contributed by atoms with E-state index in [0.29, 0.717) is 0 Å². The Balaban J connectivity index is 3.25.